The molecule has 1 atom stereocenters. The highest BCUT2D eigenvalue weighted by Crippen LogP contribution is 2.27. The SMILES string of the molecule is CCOc1ccccc1Nc1nncc(N2CCCC(C)C2)n1. The van der Waals surface area contributed by atoms with Crippen molar-refractivity contribution in [3.8, 4) is 5.75 Å². The summed E-state index contributed by atoms with van der Waals surface area (Å²) in [7, 11) is 0. The van der Waals surface area contributed by atoms with Gasteiger partial charge in [0.2, 0.25) is 5.95 Å². The molecule has 1 N–H and O–H groups in total. The standard InChI is InChI=1S/C17H23N5O/c1-3-23-15-9-5-4-8-14(15)19-17-20-16(11-18-21-17)22-10-6-7-13(2)12-22/h4-5,8-9,11,13H,3,6-7,10,12H2,1-2H3,(H,19,20,21). The third-order valence-corrected chi connectivity index (χ3v) is 3.96. The quantitative estimate of drug-likeness (QED) is 0.914. The smallest absolute Gasteiger partial charge is 0.249 e. The number of nitrogens with zero attached hydrogens (tertiary/aromatic N) is 4. The van der Waals surface area contributed by atoms with Crippen LogP contribution in [0.15, 0.2) is 30.5 Å². The molecule has 1 aliphatic heterocycles. The van der Waals surface area contributed by atoms with E-state index < -0.39 is 0 Å². The summed E-state index contributed by atoms with van der Waals surface area (Å²) in [6.07, 6.45) is 4.21. The zero-order valence-corrected chi connectivity index (χ0v) is 13.7. The van der Waals surface area contributed by atoms with Crippen LogP contribution < -0.4 is 15.0 Å². The molecule has 122 valence electrons. The molecule has 0 radical (unpaired) electrons. The highest BCUT2D eigenvalue weighted by molar-refractivity contribution is 5.62. The minimum atomic E-state index is 0.493. The Hall–Kier alpha value is -2.37. The van der Waals surface area contributed by atoms with Gasteiger partial charge in [-0.3, -0.25) is 0 Å². The molecule has 3 rings (SSSR count). The van der Waals surface area contributed by atoms with E-state index in [4.69, 9.17) is 4.74 Å². The second-order valence-corrected chi connectivity index (χ2v) is 5.89. The zero-order valence-electron chi connectivity index (χ0n) is 13.7. The first-order valence-electron chi connectivity index (χ1n) is 8.19. The average Bonchev–Trinajstić information content (AvgIpc) is 2.57. The van der Waals surface area contributed by atoms with Gasteiger partial charge in [0.05, 0.1) is 18.5 Å². The number of ether oxygens (including phenoxy) is 1. The molecule has 1 fully saturated rings. The topological polar surface area (TPSA) is 63.2 Å². The van der Waals surface area contributed by atoms with E-state index in [0.29, 0.717) is 18.5 Å². The minimum Gasteiger partial charge on any atom is -0.492 e. The van der Waals surface area contributed by atoms with Crippen molar-refractivity contribution in [3.63, 3.8) is 0 Å². The van der Waals surface area contributed by atoms with Gasteiger partial charge in [-0.1, -0.05) is 19.1 Å². The molecule has 2 aromatic rings. The van der Waals surface area contributed by atoms with Crippen LogP contribution in [0.5, 0.6) is 5.75 Å². The summed E-state index contributed by atoms with van der Waals surface area (Å²) >= 11 is 0. The molecule has 0 spiro atoms. The number of anilines is 3. The molecular weight excluding hydrogens is 290 g/mol. The largest absolute Gasteiger partial charge is 0.492 e. The number of hydrogen-bond donors (Lipinski definition) is 1. The number of hydrogen-bond acceptors (Lipinski definition) is 6. The Labute approximate surface area is 136 Å². The van der Waals surface area contributed by atoms with Crippen LogP contribution in [0, 0.1) is 5.92 Å². The summed E-state index contributed by atoms with van der Waals surface area (Å²) < 4.78 is 5.62. The highest BCUT2D eigenvalue weighted by Gasteiger charge is 2.18. The monoisotopic (exact) mass is 313 g/mol. The number of rotatable bonds is 5. The van der Waals surface area contributed by atoms with Crippen molar-refractivity contribution in [1.82, 2.24) is 15.2 Å². The lowest BCUT2D eigenvalue weighted by molar-refractivity contribution is 0.342. The molecular formula is C17H23N5O. The molecule has 6 nitrogen and oxygen atoms in total. The molecule has 2 heterocycles. The summed E-state index contributed by atoms with van der Waals surface area (Å²) in [5.74, 6) is 2.85. The second kappa shape index (κ2) is 7.26. The van der Waals surface area contributed by atoms with E-state index in [1.165, 1.54) is 12.8 Å². The van der Waals surface area contributed by atoms with Gasteiger partial charge in [-0.05, 0) is 37.8 Å². The van der Waals surface area contributed by atoms with E-state index in [-0.39, 0.29) is 0 Å². The van der Waals surface area contributed by atoms with E-state index in [1.54, 1.807) is 6.20 Å². The molecule has 0 amide bonds. The van der Waals surface area contributed by atoms with Crippen molar-refractivity contribution in [3.05, 3.63) is 30.5 Å². The van der Waals surface area contributed by atoms with Gasteiger partial charge in [0.1, 0.15) is 5.75 Å². The van der Waals surface area contributed by atoms with Crippen molar-refractivity contribution in [2.75, 3.05) is 29.9 Å². The summed E-state index contributed by atoms with van der Waals surface area (Å²) in [6, 6.07) is 7.77. The first-order chi connectivity index (χ1) is 11.3. The maximum absolute atomic E-state index is 5.62. The lowest BCUT2D eigenvalue weighted by Crippen LogP contribution is -2.35. The van der Waals surface area contributed by atoms with Crippen molar-refractivity contribution < 1.29 is 4.74 Å². The van der Waals surface area contributed by atoms with Crippen molar-refractivity contribution >= 4 is 17.5 Å². The Morgan fingerprint density at radius 2 is 2.22 bits per heavy atom. The fourth-order valence-corrected chi connectivity index (χ4v) is 2.87. The predicted molar refractivity (Wildman–Crippen MR) is 91.3 cm³/mol. The van der Waals surface area contributed by atoms with E-state index in [1.807, 2.05) is 31.2 Å². The summed E-state index contributed by atoms with van der Waals surface area (Å²) in [5, 5.41) is 11.4. The lowest BCUT2D eigenvalue weighted by atomic mass is 10.0. The maximum Gasteiger partial charge on any atom is 0.249 e. The Morgan fingerprint density at radius 3 is 3.04 bits per heavy atom. The van der Waals surface area contributed by atoms with Crippen LogP contribution in [0.25, 0.3) is 0 Å². The fraction of sp³-hybridized carbons (Fsp3) is 0.471. The van der Waals surface area contributed by atoms with Crippen LogP contribution >= 0.6 is 0 Å². The van der Waals surface area contributed by atoms with Gasteiger partial charge in [-0.15, -0.1) is 5.10 Å². The van der Waals surface area contributed by atoms with Crippen LogP contribution in [0.1, 0.15) is 26.7 Å². The zero-order chi connectivity index (χ0) is 16.1. The Morgan fingerprint density at radius 1 is 1.35 bits per heavy atom. The van der Waals surface area contributed by atoms with E-state index in [9.17, 15) is 0 Å². The number of piperidine rings is 1. The molecule has 1 saturated heterocycles. The average molecular weight is 313 g/mol. The highest BCUT2D eigenvalue weighted by atomic mass is 16.5. The van der Waals surface area contributed by atoms with Crippen LogP contribution in [-0.2, 0) is 0 Å². The van der Waals surface area contributed by atoms with Crippen LogP contribution in [0.2, 0.25) is 0 Å². The van der Waals surface area contributed by atoms with Crippen molar-refractivity contribution in [2.24, 2.45) is 5.92 Å². The summed E-state index contributed by atoms with van der Waals surface area (Å²) in [5.41, 5.74) is 0.848. The number of benzene rings is 1. The second-order valence-electron chi connectivity index (χ2n) is 5.89. The Kier molecular flexibility index (Phi) is 4.90. The van der Waals surface area contributed by atoms with Gasteiger partial charge in [-0.25, -0.2) is 0 Å². The molecule has 0 saturated carbocycles. The van der Waals surface area contributed by atoms with Gasteiger partial charge >= 0.3 is 0 Å². The normalized spacial score (nSPS) is 17.8. The van der Waals surface area contributed by atoms with E-state index in [2.05, 4.69) is 32.3 Å². The number of para-hydroxylation sites is 2. The molecule has 1 aromatic carbocycles. The van der Waals surface area contributed by atoms with Gasteiger partial charge in [0, 0.05) is 13.1 Å². The predicted octanol–water partition coefficient (Wildman–Crippen LogP) is 3.25. The fourth-order valence-electron chi connectivity index (χ4n) is 2.87. The third kappa shape index (κ3) is 3.88. The van der Waals surface area contributed by atoms with Crippen molar-refractivity contribution in [2.45, 2.75) is 26.7 Å². The van der Waals surface area contributed by atoms with Gasteiger partial charge in [0.15, 0.2) is 5.82 Å². The van der Waals surface area contributed by atoms with Gasteiger partial charge < -0.3 is 15.0 Å². The van der Waals surface area contributed by atoms with Crippen LogP contribution in [0.4, 0.5) is 17.5 Å². The molecule has 1 unspecified atom stereocenters. The molecule has 1 aliphatic rings. The van der Waals surface area contributed by atoms with Crippen molar-refractivity contribution in [1.29, 1.82) is 0 Å². The van der Waals surface area contributed by atoms with Gasteiger partial charge in [0.25, 0.3) is 0 Å². The first kappa shape index (κ1) is 15.5. The lowest BCUT2D eigenvalue weighted by Gasteiger charge is -2.31. The van der Waals surface area contributed by atoms with Gasteiger partial charge in [-0.2, -0.15) is 10.1 Å². The maximum atomic E-state index is 5.62. The van der Waals surface area contributed by atoms with Crippen LogP contribution in [-0.4, -0.2) is 34.9 Å². The molecule has 0 bridgehead atoms. The molecule has 23 heavy (non-hydrogen) atoms. The minimum absolute atomic E-state index is 0.493. The van der Waals surface area contributed by atoms with Crippen LogP contribution in [0.3, 0.4) is 0 Å². The third-order valence-electron chi connectivity index (χ3n) is 3.96. The molecule has 1 aromatic heterocycles. The summed E-state index contributed by atoms with van der Waals surface area (Å²) in [6.45, 7) is 6.90. The molecule has 0 aliphatic carbocycles. The van der Waals surface area contributed by atoms with E-state index >= 15 is 0 Å². The molecule has 6 heteroatoms. The summed E-state index contributed by atoms with van der Waals surface area (Å²) in [4.78, 5) is 6.89. The number of nitrogens with one attached hydrogen (secondary N) is 1. The van der Waals surface area contributed by atoms with E-state index in [0.717, 1.165) is 30.3 Å². The number of aromatic nitrogens is 3. The Bertz CT molecular complexity index is 648. The first-order valence-corrected chi connectivity index (χ1v) is 8.19. The Balaban J connectivity index is 1.78.